The van der Waals surface area contributed by atoms with Crippen LogP contribution in [0.1, 0.15) is 10.4 Å². The summed E-state index contributed by atoms with van der Waals surface area (Å²) >= 11 is 0. The van der Waals surface area contributed by atoms with Crippen molar-refractivity contribution in [3.63, 3.8) is 0 Å². The summed E-state index contributed by atoms with van der Waals surface area (Å²) in [6.07, 6.45) is 2.67. The van der Waals surface area contributed by atoms with Gasteiger partial charge in [0.15, 0.2) is 6.79 Å². The van der Waals surface area contributed by atoms with Gasteiger partial charge in [-0.05, 0) is 48.5 Å². The van der Waals surface area contributed by atoms with Gasteiger partial charge in [0, 0.05) is 6.08 Å². The molecule has 0 aliphatic heterocycles. The van der Waals surface area contributed by atoms with Crippen LogP contribution in [0.2, 0.25) is 0 Å². The van der Waals surface area contributed by atoms with E-state index in [1.165, 1.54) is 0 Å². The first-order valence-electron chi connectivity index (χ1n) is 8.28. The zero-order valence-electron chi connectivity index (χ0n) is 15.2. The van der Waals surface area contributed by atoms with Crippen LogP contribution in [-0.4, -0.2) is 32.1 Å². The van der Waals surface area contributed by atoms with Crippen molar-refractivity contribution in [2.75, 3.05) is 20.2 Å². The van der Waals surface area contributed by atoms with E-state index in [4.69, 9.17) is 23.7 Å². The van der Waals surface area contributed by atoms with Crippen molar-refractivity contribution < 1.29 is 33.3 Å². The molecule has 0 aliphatic carbocycles. The maximum atomic E-state index is 12.2. The minimum atomic E-state index is -0.578. The Kier molecular flexibility index (Phi) is 8.29. The van der Waals surface area contributed by atoms with E-state index in [0.717, 1.165) is 6.08 Å². The molecule has 0 spiro atoms. The average Bonchev–Trinajstić information content (AvgIpc) is 2.72. The van der Waals surface area contributed by atoms with Gasteiger partial charge in [0.2, 0.25) is 6.79 Å². The molecular formula is C21H20O7. The van der Waals surface area contributed by atoms with Crippen LogP contribution in [-0.2, 0) is 14.3 Å². The van der Waals surface area contributed by atoms with E-state index in [2.05, 4.69) is 13.2 Å². The van der Waals surface area contributed by atoms with Gasteiger partial charge in [0.25, 0.3) is 0 Å². The molecule has 0 fully saturated rings. The Morgan fingerprint density at radius 3 is 2.00 bits per heavy atom. The molecular weight excluding hydrogens is 364 g/mol. The Hall–Kier alpha value is -3.58. The lowest BCUT2D eigenvalue weighted by molar-refractivity contribution is -0.144. The Balaban J connectivity index is 1.82. The zero-order chi connectivity index (χ0) is 20.2. The smallest absolute Gasteiger partial charge is 0.343 e. The summed E-state index contributed by atoms with van der Waals surface area (Å²) in [5.74, 6) is 0.281. The summed E-state index contributed by atoms with van der Waals surface area (Å²) in [6, 6.07) is 12.8. The minimum absolute atomic E-state index is 0.0943. The van der Waals surface area contributed by atoms with E-state index in [-0.39, 0.29) is 13.6 Å². The quantitative estimate of drug-likeness (QED) is 0.146. The minimum Gasteiger partial charge on any atom is -0.468 e. The lowest BCUT2D eigenvalue weighted by atomic mass is 10.2. The van der Waals surface area contributed by atoms with Gasteiger partial charge < -0.3 is 23.7 Å². The first-order chi connectivity index (χ1) is 13.6. The van der Waals surface area contributed by atoms with Crippen molar-refractivity contribution in [1.29, 1.82) is 0 Å². The summed E-state index contributed by atoms with van der Waals surface area (Å²) in [5.41, 5.74) is 0.371. The fraction of sp³-hybridized carbons (Fsp3) is 0.143. The summed E-state index contributed by atoms with van der Waals surface area (Å²) in [6.45, 7) is 7.07. The SMILES string of the molecule is C=CCOCOc1ccc(C(=O)Oc2ccc(OCOC(=O)C=C)cc2)cc1. The highest BCUT2D eigenvalue weighted by Gasteiger charge is 2.09. The van der Waals surface area contributed by atoms with Gasteiger partial charge in [-0.25, -0.2) is 9.59 Å². The van der Waals surface area contributed by atoms with Gasteiger partial charge in [-0.3, -0.25) is 0 Å². The van der Waals surface area contributed by atoms with Crippen LogP contribution in [0.15, 0.2) is 73.8 Å². The molecule has 7 heteroatoms. The van der Waals surface area contributed by atoms with E-state index in [1.54, 1.807) is 54.6 Å². The van der Waals surface area contributed by atoms with Crippen molar-refractivity contribution >= 4 is 11.9 Å². The van der Waals surface area contributed by atoms with Crippen molar-refractivity contribution in [2.24, 2.45) is 0 Å². The predicted molar refractivity (Wildman–Crippen MR) is 101 cm³/mol. The monoisotopic (exact) mass is 384 g/mol. The normalized spacial score (nSPS) is 9.86. The molecule has 0 heterocycles. The molecule has 2 rings (SSSR count). The number of ether oxygens (including phenoxy) is 5. The van der Waals surface area contributed by atoms with Crippen LogP contribution in [0.5, 0.6) is 17.2 Å². The first kappa shape index (κ1) is 20.7. The Labute approximate surface area is 162 Å². The fourth-order valence-electron chi connectivity index (χ4n) is 1.91. The molecule has 0 aliphatic rings. The molecule has 0 bridgehead atoms. The summed E-state index contributed by atoms with van der Waals surface area (Å²) < 4.78 is 25.7. The second kappa shape index (κ2) is 11.2. The van der Waals surface area contributed by atoms with Crippen LogP contribution < -0.4 is 14.2 Å². The molecule has 0 atom stereocenters. The lowest BCUT2D eigenvalue weighted by Gasteiger charge is -2.08. The number of hydrogen-bond donors (Lipinski definition) is 0. The van der Waals surface area contributed by atoms with E-state index in [0.29, 0.717) is 29.4 Å². The largest absolute Gasteiger partial charge is 0.468 e. The maximum absolute atomic E-state index is 12.2. The van der Waals surface area contributed by atoms with Gasteiger partial charge in [0.05, 0.1) is 12.2 Å². The highest BCUT2D eigenvalue weighted by atomic mass is 16.7. The molecule has 28 heavy (non-hydrogen) atoms. The van der Waals surface area contributed by atoms with Crippen molar-refractivity contribution in [3.05, 3.63) is 79.4 Å². The predicted octanol–water partition coefficient (Wildman–Crippen LogP) is 3.51. The summed E-state index contributed by atoms with van der Waals surface area (Å²) in [5, 5.41) is 0. The van der Waals surface area contributed by atoms with Crippen molar-refractivity contribution in [2.45, 2.75) is 0 Å². The topological polar surface area (TPSA) is 80.3 Å². The molecule has 7 nitrogen and oxygen atoms in total. The molecule has 0 aromatic heterocycles. The van der Waals surface area contributed by atoms with Gasteiger partial charge >= 0.3 is 11.9 Å². The van der Waals surface area contributed by atoms with Gasteiger partial charge in [-0.15, -0.1) is 6.58 Å². The lowest BCUT2D eigenvalue weighted by Crippen LogP contribution is -2.09. The van der Waals surface area contributed by atoms with E-state index < -0.39 is 11.9 Å². The van der Waals surface area contributed by atoms with Crippen molar-refractivity contribution in [3.8, 4) is 17.2 Å². The number of rotatable bonds is 11. The highest BCUT2D eigenvalue weighted by molar-refractivity contribution is 5.91. The van der Waals surface area contributed by atoms with Crippen LogP contribution >= 0.6 is 0 Å². The Morgan fingerprint density at radius 2 is 1.39 bits per heavy atom. The number of carbonyl (C=O) groups is 2. The second-order valence-electron chi connectivity index (χ2n) is 5.24. The van der Waals surface area contributed by atoms with E-state index in [1.807, 2.05) is 0 Å². The van der Waals surface area contributed by atoms with Gasteiger partial charge in [-0.1, -0.05) is 12.7 Å². The number of esters is 2. The van der Waals surface area contributed by atoms with E-state index >= 15 is 0 Å². The summed E-state index contributed by atoms with van der Waals surface area (Å²) in [4.78, 5) is 23.1. The third-order valence-electron chi connectivity index (χ3n) is 3.26. The van der Waals surface area contributed by atoms with Crippen LogP contribution in [0.3, 0.4) is 0 Å². The number of carbonyl (C=O) groups excluding carboxylic acids is 2. The molecule has 0 amide bonds. The third kappa shape index (κ3) is 6.97. The number of benzene rings is 2. The molecule has 2 aromatic carbocycles. The first-order valence-corrected chi connectivity index (χ1v) is 8.28. The maximum Gasteiger partial charge on any atom is 0.343 e. The van der Waals surface area contributed by atoms with Crippen molar-refractivity contribution in [1.82, 2.24) is 0 Å². The molecule has 0 unspecified atom stereocenters. The molecule has 0 saturated carbocycles. The summed E-state index contributed by atoms with van der Waals surface area (Å²) in [7, 11) is 0. The number of hydrogen-bond acceptors (Lipinski definition) is 7. The highest BCUT2D eigenvalue weighted by Crippen LogP contribution is 2.19. The Bertz CT molecular complexity index is 795. The molecule has 2 aromatic rings. The standard InChI is InChI=1S/C21H20O7/c1-3-13-24-14-25-17-7-5-16(6-8-17)21(23)28-19-11-9-18(10-12-19)26-15-27-20(22)4-2/h3-12H,1-2,13-15H2. The molecule has 0 N–H and O–H groups in total. The Morgan fingerprint density at radius 1 is 0.821 bits per heavy atom. The average molecular weight is 384 g/mol. The van der Waals surface area contributed by atoms with E-state index in [9.17, 15) is 9.59 Å². The molecule has 0 radical (unpaired) electrons. The van der Waals surface area contributed by atoms with Crippen LogP contribution in [0.25, 0.3) is 0 Å². The molecule has 0 saturated heterocycles. The van der Waals surface area contributed by atoms with Crippen LogP contribution in [0, 0.1) is 0 Å². The van der Waals surface area contributed by atoms with Gasteiger partial charge in [0.1, 0.15) is 17.2 Å². The van der Waals surface area contributed by atoms with Crippen LogP contribution in [0.4, 0.5) is 0 Å². The second-order valence-corrected chi connectivity index (χ2v) is 5.24. The third-order valence-corrected chi connectivity index (χ3v) is 3.26. The zero-order valence-corrected chi connectivity index (χ0v) is 15.2. The van der Waals surface area contributed by atoms with Gasteiger partial charge in [-0.2, -0.15) is 0 Å². The fourth-order valence-corrected chi connectivity index (χ4v) is 1.91. The molecule has 146 valence electrons.